The summed E-state index contributed by atoms with van der Waals surface area (Å²) in [6.07, 6.45) is 1.21. The smallest absolute Gasteiger partial charge is 0.154 e. The summed E-state index contributed by atoms with van der Waals surface area (Å²) in [6, 6.07) is 2.78. The molecule has 0 radical (unpaired) electrons. The van der Waals surface area contributed by atoms with Gasteiger partial charge in [0.1, 0.15) is 5.75 Å². The number of benzene rings is 1. The van der Waals surface area contributed by atoms with Crippen molar-refractivity contribution < 1.29 is 13.2 Å². The Morgan fingerprint density at radius 1 is 1.29 bits per heavy atom. The van der Waals surface area contributed by atoms with Gasteiger partial charge in [0.15, 0.2) is 9.84 Å². The first-order valence-electron chi connectivity index (χ1n) is 6.54. The lowest BCUT2D eigenvalue weighted by Gasteiger charge is -2.33. The van der Waals surface area contributed by atoms with Crippen LogP contribution in [0, 0.1) is 0 Å². The lowest BCUT2D eigenvalue weighted by atomic mass is 9.95. The maximum absolute atomic E-state index is 12.1. The highest BCUT2D eigenvalue weighted by Crippen LogP contribution is 2.39. The Hall–Kier alpha value is -0.490. The molecule has 21 heavy (non-hydrogen) atoms. The summed E-state index contributed by atoms with van der Waals surface area (Å²) in [6.45, 7) is 5.63. The van der Waals surface area contributed by atoms with Gasteiger partial charge in [-0.3, -0.25) is 0 Å². The third-order valence-electron chi connectivity index (χ3n) is 3.60. The van der Waals surface area contributed by atoms with Gasteiger partial charge in [-0.2, -0.15) is 0 Å². The van der Waals surface area contributed by atoms with Crippen LogP contribution in [-0.2, 0) is 9.84 Å². The fourth-order valence-corrected chi connectivity index (χ4v) is 3.29. The van der Waals surface area contributed by atoms with Crippen LogP contribution in [0.2, 0.25) is 10.0 Å². The van der Waals surface area contributed by atoms with Gasteiger partial charge in [0.2, 0.25) is 0 Å². The lowest BCUT2D eigenvalue weighted by molar-refractivity contribution is 0.340. The summed E-state index contributed by atoms with van der Waals surface area (Å²) in [7, 11) is -1.61. The normalized spacial score (nSPS) is 14.0. The minimum absolute atomic E-state index is 0.404. The summed E-state index contributed by atoms with van der Waals surface area (Å²) < 4.78 is 28.4. The summed E-state index contributed by atoms with van der Waals surface area (Å²) in [5.74, 6) is 0.486. The maximum Gasteiger partial charge on any atom is 0.154 e. The highest BCUT2D eigenvalue weighted by Gasteiger charge is 2.40. The summed E-state index contributed by atoms with van der Waals surface area (Å²) in [5, 5.41) is 3.84. The minimum Gasteiger partial charge on any atom is -0.492 e. The van der Waals surface area contributed by atoms with E-state index in [-0.39, 0.29) is 0 Å². The molecule has 0 aromatic heterocycles. The number of hydrogen-bond acceptors (Lipinski definition) is 4. The van der Waals surface area contributed by atoms with Crippen molar-refractivity contribution in [3.05, 3.63) is 27.7 Å². The third kappa shape index (κ3) is 3.83. The van der Waals surface area contributed by atoms with E-state index in [0.717, 1.165) is 0 Å². The van der Waals surface area contributed by atoms with Gasteiger partial charge in [0.05, 0.1) is 22.4 Å². The van der Waals surface area contributed by atoms with E-state index in [2.05, 4.69) is 5.32 Å². The van der Waals surface area contributed by atoms with Gasteiger partial charge < -0.3 is 10.1 Å². The van der Waals surface area contributed by atoms with Crippen molar-refractivity contribution >= 4 is 33.0 Å². The summed E-state index contributed by atoms with van der Waals surface area (Å²) in [4.78, 5) is 0. The molecule has 1 aromatic carbocycles. The maximum atomic E-state index is 12.1. The Morgan fingerprint density at radius 2 is 1.86 bits per heavy atom. The van der Waals surface area contributed by atoms with Crippen LogP contribution in [0.4, 0.5) is 0 Å². The van der Waals surface area contributed by atoms with E-state index < -0.39 is 20.6 Å². The molecule has 1 atom stereocenters. The zero-order valence-corrected chi connectivity index (χ0v) is 15.2. The third-order valence-corrected chi connectivity index (χ3v) is 6.37. The van der Waals surface area contributed by atoms with Crippen molar-refractivity contribution in [2.24, 2.45) is 0 Å². The van der Waals surface area contributed by atoms with Crippen LogP contribution in [0.5, 0.6) is 5.75 Å². The predicted octanol–water partition coefficient (Wildman–Crippen LogP) is 3.48. The molecule has 1 rings (SSSR count). The monoisotopic (exact) mass is 353 g/mol. The van der Waals surface area contributed by atoms with Crippen LogP contribution < -0.4 is 10.1 Å². The fourth-order valence-electron chi connectivity index (χ4n) is 2.12. The Labute approximate surface area is 136 Å². The number of halogens is 2. The van der Waals surface area contributed by atoms with Gasteiger partial charge in [-0.25, -0.2) is 8.42 Å². The van der Waals surface area contributed by atoms with Crippen molar-refractivity contribution in [2.45, 2.75) is 31.6 Å². The van der Waals surface area contributed by atoms with Crippen LogP contribution in [0.15, 0.2) is 12.1 Å². The van der Waals surface area contributed by atoms with Gasteiger partial charge >= 0.3 is 0 Å². The molecule has 120 valence electrons. The van der Waals surface area contributed by atoms with E-state index in [1.165, 1.54) is 6.26 Å². The van der Waals surface area contributed by atoms with Crippen molar-refractivity contribution in [1.29, 1.82) is 0 Å². The Morgan fingerprint density at radius 3 is 2.29 bits per heavy atom. The molecule has 0 spiro atoms. The molecule has 1 aromatic rings. The molecular formula is C14H21Cl2NO3S. The van der Waals surface area contributed by atoms with Crippen LogP contribution >= 0.6 is 23.2 Å². The van der Waals surface area contributed by atoms with E-state index in [1.807, 2.05) is 6.92 Å². The molecule has 0 aliphatic heterocycles. The SMILES string of the molecule is CCOc1cc(Cl)c(C(NC)C(C)(C)S(C)(=O)=O)cc1Cl. The molecule has 0 heterocycles. The average Bonchev–Trinajstić information content (AvgIpc) is 2.34. The van der Waals surface area contributed by atoms with Crippen molar-refractivity contribution in [3.8, 4) is 5.75 Å². The topological polar surface area (TPSA) is 55.4 Å². The number of rotatable bonds is 6. The van der Waals surface area contributed by atoms with E-state index in [4.69, 9.17) is 27.9 Å². The van der Waals surface area contributed by atoms with E-state index in [1.54, 1.807) is 33.0 Å². The molecule has 7 heteroatoms. The van der Waals surface area contributed by atoms with Crippen LogP contribution in [0.3, 0.4) is 0 Å². The zero-order chi connectivity index (χ0) is 16.4. The molecule has 0 fully saturated rings. The van der Waals surface area contributed by atoms with Gasteiger partial charge in [-0.1, -0.05) is 23.2 Å². The molecule has 0 saturated carbocycles. The van der Waals surface area contributed by atoms with E-state index >= 15 is 0 Å². The molecule has 0 aliphatic carbocycles. The highest BCUT2D eigenvalue weighted by atomic mass is 35.5. The highest BCUT2D eigenvalue weighted by molar-refractivity contribution is 7.92. The minimum atomic E-state index is -3.31. The van der Waals surface area contributed by atoms with Crippen molar-refractivity contribution in [3.63, 3.8) is 0 Å². The van der Waals surface area contributed by atoms with Gasteiger partial charge in [0, 0.05) is 17.3 Å². The first kappa shape index (κ1) is 18.6. The molecule has 0 amide bonds. The summed E-state index contributed by atoms with van der Waals surface area (Å²) >= 11 is 12.5. The zero-order valence-electron chi connectivity index (χ0n) is 12.8. The molecule has 1 unspecified atom stereocenters. The first-order valence-corrected chi connectivity index (χ1v) is 9.19. The van der Waals surface area contributed by atoms with Crippen LogP contribution in [-0.4, -0.2) is 33.1 Å². The summed E-state index contributed by atoms with van der Waals surface area (Å²) in [5.41, 5.74) is 0.628. The van der Waals surface area contributed by atoms with Gasteiger partial charge in [-0.15, -0.1) is 0 Å². The Bertz CT molecular complexity index is 615. The quantitative estimate of drug-likeness (QED) is 0.850. The Balaban J connectivity index is 3.40. The predicted molar refractivity (Wildman–Crippen MR) is 88.4 cm³/mol. The second-order valence-corrected chi connectivity index (χ2v) is 8.75. The standard InChI is InChI=1S/C14H21Cl2NO3S/c1-6-20-12-8-10(15)9(7-11(12)16)13(17-4)14(2,3)21(5,18)19/h7-8,13,17H,6H2,1-5H3. The first-order chi connectivity index (χ1) is 9.56. The van der Waals surface area contributed by atoms with Gasteiger partial charge in [0.25, 0.3) is 0 Å². The lowest BCUT2D eigenvalue weighted by Crippen LogP contribution is -2.43. The van der Waals surface area contributed by atoms with Crippen molar-refractivity contribution in [2.75, 3.05) is 19.9 Å². The second-order valence-electron chi connectivity index (χ2n) is 5.33. The van der Waals surface area contributed by atoms with E-state index in [0.29, 0.717) is 28.0 Å². The molecular weight excluding hydrogens is 333 g/mol. The average molecular weight is 354 g/mol. The molecule has 0 saturated heterocycles. The van der Waals surface area contributed by atoms with Crippen LogP contribution in [0.1, 0.15) is 32.4 Å². The van der Waals surface area contributed by atoms with Gasteiger partial charge in [-0.05, 0) is 39.4 Å². The van der Waals surface area contributed by atoms with Crippen LogP contribution in [0.25, 0.3) is 0 Å². The van der Waals surface area contributed by atoms with E-state index in [9.17, 15) is 8.42 Å². The molecule has 1 N–H and O–H groups in total. The number of ether oxygens (including phenoxy) is 1. The molecule has 0 aliphatic rings. The molecule has 0 bridgehead atoms. The van der Waals surface area contributed by atoms with Crippen molar-refractivity contribution in [1.82, 2.24) is 5.32 Å². The number of sulfone groups is 1. The molecule has 4 nitrogen and oxygen atoms in total. The largest absolute Gasteiger partial charge is 0.492 e. The fraction of sp³-hybridized carbons (Fsp3) is 0.571. The second kappa shape index (κ2) is 6.73. The number of hydrogen-bond donors (Lipinski definition) is 1. The Kier molecular flexibility index (Phi) is 5.95. The number of nitrogens with one attached hydrogen (secondary N) is 1.